The van der Waals surface area contributed by atoms with Crippen LogP contribution in [0.1, 0.15) is 22.5 Å². The van der Waals surface area contributed by atoms with Crippen LogP contribution in [0, 0.1) is 22.7 Å². The predicted molar refractivity (Wildman–Crippen MR) is 97.1 cm³/mol. The van der Waals surface area contributed by atoms with Crippen molar-refractivity contribution >= 4 is 23.2 Å². The summed E-state index contributed by atoms with van der Waals surface area (Å²) in [6.45, 7) is 0.0195. The first kappa shape index (κ1) is 19.2. The Labute approximate surface area is 155 Å². The SMILES string of the molecule is N#CCCN(CCC#N)C(=O)COC(=O)c1ccc(-c2ccccc2)s1. The van der Waals surface area contributed by atoms with E-state index in [0.29, 0.717) is 4.88 Å². The van der Waals surface area contributed by atoms with Gasteiger partial charge in [0.15, 0.2) is 6.61 Å². The van der Waals surface area contributed by atoms with Crippen LogP contribution >= 0.6 is 11.3 Å². The molecule has 1 aromatic heterocycles. The van der Waals surface area contributed by atoms with Crippen molar-refractivity contribution in [2.24, 2.45) is 0 Å². The van der Waals surface area contributed by atoms with Crippen LogP contribution in [0.5, 0.6) is 0 Å². The summed E-state index contributed by atoms with van der Waals surface area (Å²) >= 11 is 1.30. The zero-order chi connectivity index (χ0) is 18.8. The summed E-state index contributed by atoms with van der Waals surface area (Å²) in [6, 6.07) is 17.1. The van der Waals surface area contributed by atoms with Crippen LogP contribution in [-0.2, 0) is 9.53 Å². The minimum absolute atomic E-state index is 0.163. The number of hydrogen-bond acceptors (Lipinski definition) is 6. The molecule has 0 aliphatic rings. The second-order valence-electron chi connectivity index (χ2n) is 5.30. The van der Waals surface area contributed by atoms with E-state index in [-0.39, 0.29) is 25.9 Å². The fraction of sp³-hybridized carbons (Fsp3) is 0.263. The van der Waals surface area contributed by atoms with Gasteiger partial charge in [0.05, 0.1) is 25.0 Å². The van der Waals surface area contributed by atoms with Gasteiger partial charge in [-0.1, -0.05) is 30.3 Å². The summed E-state index contributed by atoms with van der Waals surface area (Å²) in [5.74, 6) is -0.977. The molecule has 1 heterocycles. The van der Waals surface area contributed by atoms with Crippen LogP contribution in [0.2, 0.25) is 0 Å². The Kier molecular flexibility index (Phi) is 7.35. The lowest BCUT2D eigenvalue weighted by molar-refractivity contribution is -0.134. The van der Waals surface area contributed by atoms with E-state index in [1.807, 2.05) is 48.5 Å². The van der Waals surface area contributed by atoms with Gasteiger partial charge in [-0.15, -0.1) is 11.3 Å². The quantitative estimate of drug-likeness (QED) is 0.668. The lowest BCUT2D eigenvalue weighted by Gasteiger charge is -2.19. The van der Waals surface area contributed by atoms with E-state index in [2.05, 4.69) is 0 Å². The van der Waals surface area contributed by atoms with Gasteiger partial charge >= 0.3 is 5.97 Å². The van der Waals surface area contributed by atoms with Gasteiger partial charge in [-0.3, -0.25) is 4.79 Å². The number of ether oxygens (including phenoxy) is 1. The molecular formula is C19H17N3O3S. The highest BCUT2D eigenvalue weighted by atomic mass is 32.1. The topological polar surface area (TPSA) is 94.2 Å². The average molecular weight is 367 g/mol. The molecule has 1 aromatic carbocycles. The van der Waals surface area contributed by atoms with Gasteiger partial charge in [0.25, 0.3) is 5.91 Å². The molecule has 132 valence electrons. The molecule has 0 saturated heterocycles. The Morgan fingerprint density at radius 2 is 1.65 bits per heavy atom. The first-order chi connectivity index (χ1) is 12.7. The highest BCUT2D eigenvalue weighted by molar-refractivity contribution is 7.17. The number of hydrogen-bond donors (Lipinski definition) is 0. The first-order valence-electron chi connectivity index (χ1n) is 7.99. The second-order valence-corrected chi connectivity index (χ2v) is 6.39. The first-order valence-corrected chi connectivity index (χ1v) is 8.81. The summed E-state index contributed by atoms with van der Waals surface area (Å²) in [5.41, 5.74) is 1.01. The number of esters is 1. The average Bonchev–Trinajstić information content (AvgIpc) is 3.17. The molecule has 1 amide bonds. The third-order valence-corrected chi connectivity index (χ3v) is 4.65. The van der Waals surface area contributed by atoms with Crippen molar-refractivity contribution in [1.82, 2.24) is 4.90 Å². The number of rotatable bonds is 8. The summed E-state index contributed by atoms with van der Waals surface area (Å²) < 4.78 is 5.09. The molecule has 0 radical (unpaired) electrons. The van der Waals surface area contributed by atoms with Crippen LogP contribution in [0.4, 0.5) is 0 Å². The Hall–Kier alpha value is -3.16. The molecule has 0 N–H and O–H groups in total. The van der Waals surface area contributed by atoms with Crippen LogP contribution in [0.15, 0.2) is 42.5 Å². The van der Waals surface area contributed by atoms with E-state index < -0.39 is 18.5 Å². The molecule has 0 fully saturated rings. The number of carbonyl (C=O) groups excluding carboxylic acids is 2. The standard InChI is InChI=1S/C19H17N3O3S/c20-10-4-12-22(13-5-11-21)18(23)14-25-19(24)17-9-8-16(26-17)15-6-2-1-3-7-15/h1-3,6-9H,4-5,12-14H2. The molecule has 2 rings (SSSR count). The molecule has 26 heavy (non-hydrogen) atoms. The van der Waals surface area contributed by atoms with E-state index in [0.717, 1.165) is 10.4 Å². The zero-order valence-electron chi connectivity index (χ0n) is 14.1. The third-order valence-electron chi connectivity index (χ3n) is 3.53. The van der Waals surface area contributed by atoms with Gasteiger partial charge in [0, 0.05) is 18.0 Å². The minimum atomic E-state index is -0.564. The van der Waals surface area contributed by atoms with Gasteiger partial charge in [-0.05, 0) is 17.7 Å². The van der Waals surface area contributed by atoms with Gasteiger partial charge in [0.1, 0.15) is 4.88 Å². The zero-order valence-corrected chi connectivity index (χ0v) is 14.9. The molecule has 0 aliphatic carbocycles. The molecule has 0 spiro atoms. The van der Waals surface area contributed by atoms with Crippen molar-refractivity contribution in [1.29, 1.82) is 10.5 Å². The van der Waals surface area contributed by atoms with Gasteiger partial charge in [-0.25, -0.2) is 4.79 Å². The Morgan fingerprint density at radius 1 is 1.00 bits per heavy atom. The number of nitrogens with zero attached hydrogens (tertiary/aromatic N) is 3. The van der Waals surface area contributed by atoms with Crippen molar-refractivity contribution in [2.45, 2.75) is 12.8 Å². The molecule has 0 atom stereocenters. The molecule has 0 unspecified atom stereocenters. The van der Waals surface area contributed by atoms with Crippen molar-refractivity contribution in [2.75, 3.05) is 19.7 Å². The lowest BCUT2D eigenvalue weighted by atomic mass is 10.2. The van der Waals surface area contributed by atoms with Crippen LogP contribution < -0.4 is 0 Å². The third kappa shape index (κ3) is 5.44. The maximum atomic E-state index is 12.2. The Bertz CT molecular complexity index is 816. The van der Waals surface area contributed by atoms with Crippen LogP contribution in [-0.4, -0.2) is 36.5 Å². The number of amides is 1. The Balaban J connectivity index is 1.93. The predicted octanol–water partition coefficient (Wildman–Crippen LogP) is 3.23. The van der Waals surface area contributed by atoms with E-state index in [1.54, 1.807) is 6.07 Å². The molecule has 0 bridgehead atoms. The summed E-state index contributed by atoms with van der Waals surface area (Å²) in [7, 11) is 0. The number of carbonyl (C=O) groups is 2. The van der Waals surface area contributed by atoms with Crippen molar-refractivity contribution in [3.8, 4) is 22.6 Å². The van der Waals surface area contributed by atoms with Crippen molar-refractivity contribution in [3.05, 3.63) is 47.3 Å². The number of nitriles is 2. The normalized spacial score (nSPS) is 9.77. The molecule has 0 aliphatic heterocycles. The molecule has 2 aromatic rings. The van der Waals surface area contributed by atoms with E-state index in [4.69, 9.17) is 15.3 Å². The maximum absolute atomic E-state index is 12.2. The molecule has 7 heteroatoms. The highest BCUT2D eigenvalue weighted by Gasteiger charge is 2.17. The molecular weight excluding hydrogens is 350 g/mol. The highest BCUT2D eigenvalue weighted by Crippen LogP contribution is 2.28. The van der Waals surface area contributed by atoms with E-state index in [9.17, 15) is 9.59 Å². The van der Waals surface area contributed by atoms with Crippen LogP contribution in [0.25, 0.3) is 10.4 Å². The number of thiophene rings is 1. The molecule has 6 nitrogen and oxygen atoms in total. The second kappa shape index (κ2) is 9.97. The fourth-order valence-electron chi connectivity index (χ4n) is 2.23. The van der Waals surface area contributed by atoms with Crippen LogP contribution in [0.3, 0.4) is 0 Å². The van der Waals surface area contributed by atoms with E-state index >= 15 is 0 Å². The largest absolute Gasteiger partial charge is 0.451 e. The Morgan fingerprint density at radius 3 is 2.27 bits per heavy atom. The lowest BCUT2D eigenvalue weighted by Crippen LogP contribution is -2.36. The van der Waals surface area contributed by atoms with Gasteiger partial charge < -0.3 is 9.64 Å². The van der Waals surface area contributed by atoms with Gasteiger partial charge in [-0.2, -0.15) is 10.5 Å². The smallest absolute Gasteiger partial charge is 0.348 e. The van der Waals surface area contributed by atoms with Crippen molar-refractivity contribution < 1.29 is 14.3 Å². The summed E-state index contributed by atoms with van der Waals surface area (Å²) in [4.78, 5) is 27.0. The van der Waals surface area contributed by atoms with Gasteiger partial charge in [0.2, 0.25) is 0 Å². The van der Waals surface area contributed by atoms with Crippen molar-refractivity contribution in [3.63, 3.8) is 0 Å². The monoisotopic (exact) mass is 367 g/mol. The minimum Gasteiger partial charge on any atom is -0.451 e. The fourth-order valence-corrected chi connectivity index (χ4v) is 3.13. The number of benzene rings is 1. The summed E-state index contributed by atoms with van der Waals surface area (Å²) in [5, 5.41) is 17.3. The maximum Gasteiger partial charge on any atom is 0.348 e. The molecule has 0 saturated carbocycles. The van der Waals surface area contributed by atoms with E-state index in [1.165, 1.54) is 16.2 Å². The summed E-state index contributed by atoms with van der Waals surface area (Å²) in [6.07, 6.45) is 0.326.